The second kappa shape index (κ2) is 8.56. The van der Waals surface area contributed by atoms with Crippen molar-refractivity contribution < 1.29 is 14.2 Å². The second-order valence-electron chi connectivity index (χ2n) is 6.87. The van der Waals surface area contributed by atoms with Gasteiger partial charge in [-0.3, -0.25) is 9.58 Å². The van der Waals surface area contributed by atoms with Crippen LogP contribution in [0.3, 0.4) is 0 Å². The molecule has 6 heteroatoms. The van der Waals surface area contributed by atoms with Gasteiger partial charge in [0.15, 0.2) is 11.5 Å². The molecule has 0 radical (unpaired) electrons. The summed E-state index contributed by atoms with van der Waals surface area (Å²) >= 11 is 0. The van der Waals surface area contributed by atoms with E-state index >= 15 is 0 Å². The molecule has 0 spiro atoms. The van der Waals surface area contributed by atoms with Gasteiger partial charge in [-0.1, -0.05) is 6.07 Å². The predicted octanol–water partition coefficient (Wildman–Crippen LogP) is 2.93. The zero-order chi connectivity index (χ0) is 18.5. The largest absolute Gasteiger partial charge is 0.493 e. The Labute approximate surface area is 155 Å². The number of nitrogens with zero attached hydrogens (tertiary/aromatic N) is 3. The summed E-state index contributed by atoms with van der Waals surface area (Å²) < 4.78 is 18.6. The minimum absolute atomic E-state index is 0.312. The molecule has 1 aliphatic heterocycles. The van der Waals surface area contributed by atoms with E-state index in [-0.39, 0.29) is 0 Å². The van der Waals surface area contributed by atoms with Gasteiger partial charge in [-0.2, -0.15) is 5.10 Å². The van der Waals surface area contributed by atoms with Crippen molar-refractivity contribution in [2.75, 3.05) is 27.4 Å². The van der Waals surface area contributed by atoms with Gasteiger partial charge in [-0.15, -0.1) is 0 Å². The zero-order valence-corrected chi connectivity index (χ0v) is 16.2. The number of ether oxygens (including phenoxy) is 3. The van der Waals surface area contributed by atoms with Crippen LogP contribution in [0.5, 0.6) is 11.5 Å². The number of hydrogen-bond acceptors (Lipinski definition) is 5. The van der Waals surface area contributed by atoms with E-state index in [1.807, 2.05) is 24.0 Å². The minimum atomic E-state index is 0.312. The van der Waals surface area contributed by atoms with Crippen molar-refractivity contribution in [2.45, 2.75) is 39.0 Å². The third-order valence-electron chi connectivity index (χ3n) is 5.07. The number of rotatable bonds is 8. The summed E-state index contributed by atoms with van der Waals surface area (Å²) in [7, 11) is 5.31. The van der Waals surface area contributed by atoms with E-state index in [4.69, 9.17) is 14.2 Å². The molecule has 6 nitrogen and oxygen atoms in total. The lowest BCUT2D eigenvalue weighted by Crippen LogP contribution is -2.31. The Bertz CT molecular complexity index is 723. The lowest BCUT2D eigenvalue weighted by atomic mass is 10.1. The van der Waals surface area contributed by atoms with Gasteiger partial charge < -0.3 is 14.2 Å². The molecular formula is C20H29N3O3. The molecule has 1 saturated heterocycles. The van der Waals surface area contributed by atoms with Crippen molar-refractivity contribution in [3.8, 4) is 11.5 Å². The maximum absolute atomic E-state index is 5.87. The molecule has 26 heavy (non-hydrogen) atoms. The van der Waals surface area contributed by atoms with E-state index in [0.717, 1.165) is 50.6 Å². The van der Waals surface area contributed by atoms with E-state index in [1.54, 1.807) is 14.2 Å². The molecule has 1 aliphatic rings. The van der Waals surface area contributed by atoms with E-state index in [1.165, 1.54) is 16.8 Å². The van der Waals surface area contributed by atoms with Crippen molar-refractivity contribution in [3.63, 3.8) is 0 Å². The highest BCUT2D eigenvalue weighted by molar-refractivity contribution is 5.42. The van der Waals surface area contributed by atoms with E-state index < -0.39 is 0 Å². The summed E-state index contributed by atoms with van der Waals surface area (Å²) in [6.07, 6.45) is 4.56. The molecule has 1 atom stereocenters. The van der Waals surface area contributed by atoms with Gasteiger partial charge in [0.05, 0.1) is 26.5 Å². The fourth-order valence-electron chi connectivity index (χ4n) is 3.44. The summed E-state index contributed by atoms with van der Waals surface area (Å²) in [5, 5.41) is 4.38. The standard InChI is InChI=1S/C20H29N3O3/c1-15-17(11-21-22(15)2)13-23(14-18-6-5-9-26-18)12-16-7-8-19(24-3)20(10-16)25-4/h7-8,10-11,18H,5-6,9,12-14H2,1-4H3/t18-/m0/s1. The molecule has 0 aliphatic carbocycles. The SMILES string of the molecule is COc1ccc(CN(Cc2cnn(C)c2C)C[C@@H]2CCCO2)cc1OC. The van der Waals surface area contributed by atoms with Gasteiger partial charge in [0, 0.05) is 44.5 Å². The van der Waals surface area contributed by atoms with Gasteiger partial charge in [0.25, 0.3) is 0 Å². The van der Waals surface area contributed by atoms with Crippen LogP contribution in [-0.4, -0.2) is 48.2 Å². The normalized spacial score (nSPS) is 17.0. The first kappa shape index (κ1) is 18.7. The first-order valence-corrected chi connectivity index (χ1v) is 9.13. The third kappa shape index (κ3) is 4.37. The van der Waals surface area contributed by atoms with Gasteiger partial charge in [-0.25, -0.2) is 0 Å². The van der Waals surface area contributed by atoms with Gasteiger partial charge in [0.1, 0.15) is 0 Å². The fourth-order valence-corrected chi connectivity index (χ4v) is 3.44. The Morgan fingerprint density at radius 3 is 2.65 bits per heavy atom. The highest BCUT2D eigenvalue weighted by Crippen LogP contribution is 2.28. The minimum Gasteiger partial charge on any atom is -0.493 e. The smallest absolute Gasteiger partial charge is 0.161 e. The predicted molar refractivity (Wildman–Crippen MR) is 101 cm³/mol. The zero-order valence-electron chi connectivity index (χ0n) is 16.2. The van der Waals surface area contributed by atoms with Crippen molar-refractivity contribution in [2.24, 2.45) is 7.05 Å². The molecule has 1 aromatic carbocycles. The molecule has 0 bridgehead atoms. The summed E-state index contributed by atoms with van der Waals surface area (Å²) in [5.74, 6) is 1.52. The van der Waals surface area contributed by atoms with Crippen molar-refractivity contribution >= 4 is 0 Å². The molecule has 1 aromatic heterocycles. The van der Waals surface area contributed by atoms with Gasteiger partial charge in [-0.05, 0) is 37.5 Å². The maximum atomic E-state index is 5.87. The summed E-state index contributed by atoms with van der Waals surface area (Å²) in [4.78, 5) is 2.43. The molecule has 0 unspecified atom stereocenters. The summed E-state index contributed by atoms with van der Waals surface area (Å²) in [6, 6.07) is 6.12. The van der Waals surface area contributed by atoms with Crippen LogP contribution in [0, 0.1) is 6.92 Å². The van der Waals surface area contributed by atoms with Crippen LogP contribution in [-0.2, 0) is 24.9 Å². The molecule has 2 heterocycles. The Kier molecular flexibility index (Phi) is 6.16. The Morgan fingerprint density at radius 1 is 1.23 bits per heavy atom. The van der Waals surface area contributed by atoms with Crippen LogP contribution in [0.15, 0.2) is 24.4 Å². The average Bonchev–Trinajstić information content (AvgIpc) is 3.27. The molecule has 0 saturated carbocycles. The third-order valence-corrected chi connectivity index (χ3v) is 5.07. The monoisotopic (exact) mass is 359 g/mol. The van der Waals surface area contributed by atoms with Crippen LogP contribution in [0.2, 0.25) is 0 Å². The first-order valence-electron chi connectivity index (χ1n) is 9.13. The maximum Gasteiger partial charge on any atom is 0.161 e. The molecular weight excluding hydrogens is 330 g/mol. The van der Waals surface area contributed by atoms with Crippen LogP contribution >= 0.6 is 0 Å². The molecule has 142 valence electrons. The van der Waals surface area contributed by atoms with Crippen molar-refractivity contribution in [3.05, 3.63) is 41.2 Å². The van der Waals surface area contributed by atoms with Crippen LogP contribution in [0.4, 0.5) is 0 Å². The average molecular weight is 359 g/mol. The first-order chi connectivity index (χ1) is 12.6. The molecule has 0 amide bonds. The summed E-state index contributed by atoms with van der Waals surface area (Å²) in [5.41, 5.74) is 3.66. The second-order valence-corrected chi connectivity index (χ2v) is 6.87. The van der Waals surface area contributed by atoms with Crippen LogP contribution in [0.25, 0.3) is 0 Å². The fraction of sp³-hybridized carbons (Fsp3) is 0.550. The lowest BCUT2D eigenvalue weighted by molar-refractivity contribution is 0.0678. The number of methoxy groups -OCH3 is 2. The molecule has 3 rings (SSSR count). The Morgan fingerprint density at radius 2 is 2.04 bits per heavy atom. The quantitative estimate of drug-likeness (QED) is 0.725. The molecule has 0 N–H and O–H groups in total. The van der Waals surface area contributed by atoms with Crippen LogP contribution in [0.1, 0.15) is 29.7 Å². The summed E-state index contributed by atoms with van der Waals surface area (Å²) in [6.45, 7) is 5.59. The number of hydrogen-bond donors (Lipinski definition) is 0. The molecule has 2 aromatic rings. The number of aryl methyl sites for hydroxylation is 1. The Balaban J connectivity index is 1.77. The Hall–Kier alpha value is -2.05. The van der Waals surface area contributed by atoms with E-state index in [2.05, 4.69) is 29.1 Å². The van der Waals surface area contributed by atoms with Crippen molar-refractivity contribution in [1.29, 1.82) is 0 Å². The van der Waals surface area contributed by atoms with Crippen LogP contribution < -0.4 is 9.47 Å². The molecule has 1 fully saturated rings. The lowest BCUT2D eigenvalue weighted by Gasteiger charge is -2.25. The highest BCUT2D eigenvalue weighted by atomic mass is 16.5. The number of benzene rings is 1. The van der Waals surface area contributed by atoms with Gasteiger partial charge in [0.2, 0.25) is 0 Å². The topological polar surface area (TPSA) is 48.8 Å². The number of aromatic nitrogens is 2. The van der Waals surface area contributed by atoms with E-state index in [0.29, 0.717) is 6.10 Å². The highest BCUT2D eigenvalue weighted by Gasteiger charge is 2.21. The van der Waals surface area contributed by atoms with Crippen molar-refractivity contribution in [1.82, 2.24) is 14.7 Å². The van der Waals surface area contributed by atoms with Gasteiger partial charge >= 0.3 is 0 Å². The van der Waals surface area contributed by atoms with E-state index in [9.17, 15) is 0 Å².